The van der Waals surface area contributed by atoms with Gasteiger partial charge in [0.25, 0.3) is 0 Å². The van der Waals surface area contributed by atoms with Crippen molar-refractivity contribution in [3.8, 4) is 0 Å². The topological polar surface area (TPSA) is 34.1 Å². The molecule has 0 radical (unpaired) electrons. The van der Waals surface area contributed by atoms with Gasteiger partial charge in [0.1, 0.15) is 11.7 Å². The minimum Gasteiger partial charge on any atom is -0.298 e. The third-order valence-corrected chi connectivity index (χ3v) is 4.80. The average molecular weight is 284 g/mol. The lowest BCUT2D eigenvalue weighted by atomic mass is 9.83. The molecular weight excluding hydrogens is 260 g/mol. The number of carbonyl (C=O) groups excluding carboxylic acids is 2. The Labute approximate surface area is 127 Å². The molecule has 3 unspecified atom stereocenters. The molecule has 2 rings (SSSR count). The second-order valence-corrected chi connectivity index (χ2v) is 6.56. The Morgan fingerprint density at radius 2 is 1.71 bits per heavy atom. The highest BCUT2D eigenvalue weighted by molar-refractivity contribution is 6.15. The van der Waals surface area contributed by atoms with Gasteiger partial charge in [-0.25, -0.2) is 0 Å². The van der Waals surface area contributed by atoms with Crippen molar-refractivity contribution < 1.29 is 9.59 Å². The fourth-order valence-corrected chi connectivity index (χ4v) is 3.52. The third kappa shape index (κ3) is 2.72. The highest BCUT2D eigenvalue weighted by atomic mass is 16.2. The van der Waals surface area contributed by atoms with Crippen LogP contribution in [0.5, 0.6) is 0 Å². The smallest absolute Gasteiger partial charge is 0.151 e. The first kappa shape index (κ1) is 15.7. The summed E-state index contributed by atoms with van der Waals surface area (Å²) in [5, 5.41) is 0. The van der Waals surface area contributed by atoms with Gasteiger partial charge in [0.2, 0.25) is 0 Å². The number of aryl methyl sites for hydroxylation is 3. The maximum Gasteiger partial charge on any atom is 0.151 e. The van der Waals surface area contributed by atoms with E-state index in [0.717, 1.165) is 22.3 Å². The van der Waals surface area contributed by atoms with Gasteiger partial charge in [-0.3, -0.25) is 9.59 Å². The molecule has 0 aromatic heterocycles. The highest BCUT2D eigenvalue weighted by Crippen LogP contribution is 2.40. The van der Waals surface area contributed by atoms with Gasteiger partial charge in [0.15, 0.2) is 5.78 Å². The molecule has 2 nitrogen and oxygen atoms in total. The van der Waals surface area contributed by atoms with Gasteiger partial charge >= 0.3 is 0 Å². The van der Waals surface area contributed by atoms with Crippen molar-refractivity contribution in [2.45, 2.75) is 47.0 Å². The van der Waals surface area contributed by atoms with Gasteiger partial charge in [-0.15, -0.1) is 0 Å². The van der Waals surface area contributed by atoms with Crippen molar-refractivity contribution in [3.05, 3.63) is 46.5 Å². The van der Waals surface area contributed by atoms with E-state index in [1.807, 2.05) is 34.6 Å². The fourth-order valence-electron chi connectivity index (χ4n) is 3.52. The van der Waals surface area contributed by atoms with Crippen molar-refractivity contribution in [1.82, 2.24) is 0 Å². The van der Waals surface area contributed by atoms with E-state index in [1.54, 1.807) is 0 Å². The van der Waals surface area contributed by atoms with Crippen molar-refractivity contribution in [2.24, 2.45) is 11.8 Å². The van der Waals surface area contributed by atoms with Gasteiger partial charge < -0.3 is 0 Å². The SMILES string of the molecule is C=C(C)C(C)C1CC(=O)C(c2c(C)cc(C)cc2C)C1=O. The molecule has 0 heterocycles. The zero-order valence-corrected chi connectivity index (χ0v) is 13.6. The van der Waals surface area contributed by atoms with Crippen LogP contribution in [0.4, 0.5) is 0 Å². The van der Waals surface area contributed by atoms with Crippen LogP contribution >= 0.6 is 0 Å². The summed E-state index contributed by atoms with van der Waals surface area (Å²) in [4.78, 5) is 25.3. The monoisotopic (exact) mass is 284 g/mol. The number of allylic oxidation sites excluding steroid dienone is 1. The van der Waals surface area contributed by atoms with Crippen molar-refractivity contribution in [2.75, 3.05) is 0 Å². The Hall–Kier alpha value is -1.70. The predicted octanol–water partition coefficient (Wildman–Crippen LogP) is 4.07. The number of hydrogen-bond donors (Lipinski definition) is 0. The molecule has 1 aromatic carbocycles. The second-order valence-electron chi connectivity index (χ2n) is 6.56. The summed E-state index contributed by atoms with van der Waals surface area (Å²) in [7, 11) is 0. The number of hydrogen-bond acceptors (Lipinski definition) is 2. The molecule has 0 spiro atoms. The minimum absolute atomic E-state index is 0.0631. The molecule has 0 bridgehead atoms. The largest absolute Gasteiger partial charge is 0.298 e. The number of Topliss-reactive ketones (excluding diaryl/α,β-unsaturated/α-hetero) is 2. The van der Waals surface area contributed by atoms with Crippen LogP contribution in [0.1, 0.15) is 48.4 Å². The van der Waals surface area contributed by atoms with E-state index in [2.05, 4.69) is 18.7 Å². The van der Waals surface area contributed by atoms with E-state index in [1.165, 1.54) is 5.56 Å². The Morgan fingerprint density at radius 1 is 1.19 bits per heavy atom. The molecule has 0 aliphatic heterocycles. The lowest BCUT2D eigenvalue weighted by Crippen LogP contribution is -2.21. The van der Waals surface area contributed by atoms with Crippen LogP contribution in [0.2, 0.25) is 0 Å². The van der Waals surface area contributed by atoms with Gasteiger partial charge in [0, 0.05) is 12.3 Å². The molecule has 0 N–H and O–H groups in total. The van der Waals surface area contributed by atoms with Gasteiger partial charge in [-0.05, 0) is 50.3 Å². The van der Waals surface area contributed by atoms with Crippen LogP contribution in [0.25, 0.3) is 0 Å². The van der Waals surface area contributed by atoms with Crippen LogP contribution < -0.4 is 0 Å². The molecule has 0 amide bonds. The molecule has 3 atom stereocenters. The Kier molecular flexibility index (Phi) is 4.18. The second kappa shape index (κ2) is 5.59. The molecule has 112 valence electrons. The maximum atomic E-state index is 12.8. The Morgan fingerprint density at radius 3 is 2.19 bits per heavy atom. The third-order valence-electron chi connectivity index (χ3n) is 4.80. The first-order valence-corrected chi connectivity index (χ1v) is 7.53. The van der Waals surface area contributed by atoms with E-state index in [0.29, 0.717) is 6.42 Å². The summed E-state index contributed by atoms with van der Waals surface area (Å²) in [5.74, 6) is -0.575. The molecule has 1 aliphatic rings. The fraction of sp³-hybridized carbons (Fsp3) is 0.474. The molecule has 1 aliphatic carbocycles. The maximum absolute atomic E-state index is 12.8. The van der Waals surface area contributed by atoms with Crippen LogP contribution in [0, 0.1) is 32.6 Å². The highest BCUT2D eigenvalue weighted by Gasteiger charge is 2.45. The standard InChI is InChI=1S/C19H24O2/c1-10(2)14(6)15-9-16(20)18(19(15)21)17-12(4)7-11(3)8-13(17)5/h7-8,14-15,18H,1,9H2,2-6H3. The summed E-state index contributed by atoms with van der Waals surface area (Å²) in [6, 6.07) is 4.11. The lowest BCUT2D eigenvalue weighted by Gasteiger charge is -2.19. The quantitative estimate of drug-likeness (QED) is 0.619. The molecule has 1 fully saturated rings. The van der Waals surface area contributed by atoms with Crippen molar-refractivity contribution in [3.63, 3.8) is 0 Å². The van der Waals surface area contributed by atoms with E-state index in [9.17, 15) is 9.59 Å². The molecule has 21 heavy (non-hydrogen) atoms. The number of benzene rings is 1. The summed E-state index contributed by atoms with van der Waals surface area (Å²) in [5.41, 5.74) is 5.15. The van der Waals surface area contributed by atoms with E-state index in [4.69, 9.17) is 0 Å². The summed E-state index contributed by atoms with van der Waals surface area (Å²) in [6.07, 6.45) is 0.351. The van der Waals surface area contributed by atoms with Crippen molar-refractivity contribution >= 4 is 11.6 Å². The number of ketones is 2. The van der Waals surface area contributed by atoms with E-state index >= 15 is 0 Å². The zero-order chi connectivity index (χ0) is 15.9. The molecule has 2 heteroatoms. The van der Waals surface area contributed by atoms with Crippen LogP contribution in [0.15, 0.2) is 24.3 Å². The number of rotatable bonds is 3. The van der Waals surface area contributed by atoms with Crippen molar-refractivity contribution in [1.29, 1.82) is 0 Å². The van der Waals surface area contributed by atoms with E-state index < -0.39 is 5.92 Å². The predicted molar refractivity (Wildman–Crippen MR) is 85.5 cm³/mol. The van der Waals surface area contributed by atoms with Gasteiger partial charge in [-0.2, -0.15) is 0 Å². The normalized spacial score (nSPS) is 23.5. The molecular formula is C19H24O2. The summed E-state index contributed by atoms with van der Waals surface area (Å²) in [6.45, 7) is 13.9. The summed E-state index contributed by atoms with van der Waals surface area (Å²) >= 11 is 0. The average Bonchev–Trinajstić information content (AvgIpc) is 2.64. The van der Waals surface area contributed by atoms with Crippen LogP contribution in [-0.4, -0.2) is 11.6 Å². The van der Waals surface area contributed by atoms with E-state index in [-0.39, 0.29) is 23.4 Å². The Bertz CT molecular complexity index is 601. The molecule has 1 saturated carbocycles. The Balaban J connectivity index is 2.44. The zero-order valence-electron chi connectivity index (χ0n) is 13.6. The van der Waals surface area contributed by atoms with Gasteiger partial charge in [-0.1, -0.05) is 36.8 Å². The number of carbonyl (C=O) groups is 2. The first-order valence-electron chi connectivity index (χ1n) is 7.53. The van der Waals surface area contributed by atoms with Gasteiger partial charge in [0.05, 0.1) is 0 Å². The molecule has 1 aromatic rings. The van der Waals surface area contributed by atoms with Crippen LogP contribution in [-0.2, 0) is 9.59 Å². The first-order chi connectivity index (χ1) is 9.73. The molecule has 0 saturated heterocycles. The minimum atomic E-state index is -0.572. The van der Waals surface area contributed by atoms with Crippen LogP contribution in [0.3, 0.4) is 0 Å². The lowest BCUT2D eigenvalue weighted by molar-refractivity contribution is -0.125. The summed E-state index contributed by atoms with van der Waals surface area (Å²) < 4.78 is 0.